The van der Waals surface area contributed by atoms with Crippen LogP contribution < -0.4 is 10.6 Å². The van der Waals surface area contributed by atoms with E-state index in [1.807, 2.05) is 6.92 Å². The molecule has 0 atom stereocenters. The molecule has 2 N–H and O–H groups in total. The Morgan fingerprint density at radius 2 is 1.92 bits per heavy atom. The SMILES string of the molecule is CCCCOCCN=C(NCC)NC1CCN(C(=O)OCC)CC1.I. The van der Waals surface area contributed by atoms with E-state index in [0.29, 0.717) is 25.8 Å². The topological polar surface area (TPSA) is 75.2 Å². The minimum atomic E-state index is -0.208. The van der Waals surface area contributed by atoms with Gasteiger partial charge in [0.15, 0.2) is 5.96 Å². The average Bonchev–Trinajstić information content (AvgIpc) is 2.59. The van der Waals surface area contributed by atoms with Crippen LogP contribution in [0.15, 0.2) is 4.99 Å². The van der Waals surface area contributed by atoms with Crippen molar-refractivity contribution in [2.24, 2.45) is 4.99 Å². The molecule has 1 saturated heterocycles. The number of piperidine rings is 1. The molecule has 1 heterocycles. The fraction of sp³-hybridized carbons (Fsp3) is 0.882. The molecule has 0 unspecified atom stereocenters. The number of nitrogens with one attached hydrogen (secondary N) is 2. The minimum absolute atomic E-state index is 0. The van der Waals surface area contributed by atoms with E-state index in [4.69, 9.17) is 9.47 Å². The molecule has 1 aliphatic rings. The van der Waals surface area contributed by atoms with Crippen molar-refractivity contribution < 1.29 is 14.3 Å². The van der Waals surface area contributed by atoms with E-state index in [1.54, 1.807) is 4.90 Å². The second kappa shape index (κ2) is 15.5. The van der Waals surface area contributed by atoms with Crippen LogP contribution in [-0.4, -0.2) is 69.0 Å². The summed E-state index contributed by atoms with van der Waals surface area (Å²) in [6.07, 6.45) is 3.84. The fourth-order valence-corrected chi connectivity index (χ4v) is 2.50. The number of amides is 1. The molecule has 0 aromatic rings. The number of hydrogen-bond acceptors (Lipinski definition) is 4. The zero-order valence-corrected chi connectivity index (χ0v) is 18.2. The van der Waals surface area contributed by atoms with Gasteiger partial charge in [-0.15, -0.1) is 24.0 Å². The van der Waals surface area contributed by atoms with E-state index in [1.165, 1.54) is 0 Å². The summed E-state index contributed by atoms with van der Waals surface area (Å²) in [4.78, 5) is 18.0. The molecular formula is C17H35IN4O3. The molecule has 1 rings (SSSR count). The smallest absolute Gasteiger partial charge is 0.409 e. The molecule has 148 valence electrons. The lowest BCUT2D eigenvalue weighted by atomic mass is 10.1. The predicted octanol–water partition coefficient (Wildman–Crippen LogP) is 2.60. The Balaban J connectivity index is 0.00000576. The number of ether oxygens (including phenoxy) is 2. The van der Waals surface area contributed by atoms with Crippen LogP contribution in [0.25, 0.3) is 0 Å². The van der Waals surface area contributed by atoms with E-state index in [0.717, 1.165) is 57.9 Å². The molecule has 1 amide bonds. The third-order valence-electron chi connectivity index (χ3n) is 3.85. The first-order chi connectivity index (χ1) is 11.7. The van der Waals surface area contributed by atoms with Crippen LogP contribution in [0.2, 0.25) is 0 Å². The third-order valence-corrected chi connectivity index (χ3v) is 3.85. The number of nitrogens with zero attached hydrogens (tertiary/aromatic N) is 2. The third kappa shape index (κ3) is 10.7. The molecule has 0 aromatic heterocycles. The van der Waals surface area contributed by atoms with Gasteiger partial charge in [-0.3, -0.25) is 4.99 Å². The number of likely N-dealkylation sites (tertiary alicyclic amines) is 1. The van der Waals surface area contributed by atoms with Crippen molar-refractivity contribution >= 4 is 36.0 Å². The lowest BCUT2D eigenvalue weighted by Gasteiger charge is -2.32. The highest BCUT2D eigenvalue weighted by Gasteiger charge is 2.23. The Morgan fingerprint density at radius 1 is 1.20 bits per heavy atom. The van der Waals surface area contributed by atoms with E-state index < -0.39 is 0 Å². The van der Waals surface area contributed by atoms with E-state index in [2.05, 4.69) is 29.5 Å². The Morgan fingerprint density at radius 3 is 2.52 bits per heavy atom. The first-order valence-corrected chi connectivity index (χ1v) is 9.25. The standard InChI is InChI=1S/C17H34N4O3.HI/c1-4-7-13-23-14-10-19-16(18-5-2)20-15-8-11-21(12-9-15)17(22)24-6-3;/h15H,4-14H2,1-3H3,(H2,18,19,20);1H. The maximum atomic E-state index is 11.7. The summed E-state index contributed by atoms with van der Waals surface area (Å²) < 4.78 is 10.6. The molecule has 0 bridgehead atoms. The molecule has 7 nitrogen and oxygen atoms in total. The van der Waals surface area contributed by atoms with Crippen LogP contribution >= 0.6 is 24.0 Å². The van der Waals surface area contributed by atoms with Gasteiger partial charge in [0.2, 0.25) is 0 Å². The largest absolute Gasteiger partial charge is 0.450 e. The van der Waals surface area contributed by atoms with Crippen LogP contribution in [0.5, 0.6) is 0 Å². The van der Waals surface area contributed by atoms with Gasteiger partial charge in [-0.05, 0) is 33.1 Å². The monoisotopic (exact) mass is 470 g/mol. The fourth-order valence-electron chi connectivity index (χ4n) is 2.50. The van der Waals surface area contributed by atoms with Crippen molar-refractivity contribution in [1.82, 2.24) is 15.5 Å². The maximum Gasteiger partial charge on any atom is 0.409 e. The summed E-state index contributed by atoms with van der Waals surface area (Å²) >= 11 is 0. The molecule has 0 saturated carbocycles. The molecule has 0 spiro atoms. The van der Waals surface area contributed by atoms with Crippen molar-refractivity contribution in [3.05, 3.63) is 0 Å². The van der Waals surface area contributed by atoms with E-state index >= 15 is 0 Å². The van der Waals surface area contributed by atoms with Gasteiger partial charge in [0.05, 0.1) is 19.8 Å². The van der Waals surface area contributed by atoms with Crippen LogP contribution in [0.1, 0.15) is 46.5 Å². The van der Waals surface area contributed by atoms with Gasteiger partial charge in [-0.1, -0.05) is 13.3 Å². The number of guanidine groups is 1. The van der Waals surface area contributed by atoms with E-state index in [-0.39, 0.29) is 30.1 Å². The summed E-state index contributed by atoms with van der Waals surface area (Å²) in [5, 5.41) is 6.72. The molecule has 0 aromatic carbocycles. The Kier molecular flexibility index (Phi) is 15.0. The number of carbonyl (C=O) groups excluding carboxylic acids is 1. The molecule has 1 fully saturated rings. The molecule has 0 radical (unpaired) electrons. The summed E-state index contributed by atoms with van der Waals surface area (Å²) in [7, 11) is 0. The quantitative estimate of drug-likeness (QED) is 0.235. The zero-order valence-electron chi connectivity index (χ0n) is 15.9. The maximum absolute atomic E-state index is 11.7. The highest BCUT2D eigenvalue weighted by molar-refractivity contribution is 14.0. The number of hydrogen-bond donors (Lipinski definition) is 2. The molecule has 1 aliphatic heterocycles. The summed E-state index contributed by atoms with van der Waals surface area (Å²) in [5.74, 6) is 0.825. The van der Waals surface area contributed by atoms with Gasteiger partial charge in [-0.25, -0.2) is 4.79 Å². The van der Waals surface area contributed by atoms with E-state index in [9.17, 15) is 4.79 Å². The summed E-state index contributed by atoms with van der Waals surface area (Å²) in [6.45, 7) is 10.8. The predicted molar refractivity (Wildman–Crippen MR) is 112 cm³/mol. The van der Waals surface area contributed by atoms with Crippen molar-refractivity contribution in [2.45, 2.75) is 52.5 Å². The Labute approximate surface area is 169 Å². The molecule has 25 heavy (non-hydrogen) atoms. The van der Waals surface area contributed by atoms with Crippen LogP contribution in [-0.2, 0) is 9.47 Å². The Hall–Kier alpha value is -0.770. The molecule has 0 aliphatic carbocycles. The van der Waals surface area contributed by atoms with Gasteiger partial charge >= 0.3 is 6.09 Å². The van der Waals surface area contributed by atoms with Gasteiger partial charge in [0, 0.05) is 32.3 Å². The van der Waals surface area contributed by atoms with Crippen molar-refractivity contribution in [1.29, 1.82) is 0 Å². The number of halogens is 1. The lowest BCUT2D eigenvalue weighted by molar-refractivity contribution is 0.0963. The highest BCUT2D eigenvalue weighted by atomic mass is 127. The van der Waals surface area contributed by atoms with Gasteiger partial charge in [0.25, 0.3) is 0 Å². The number of carbonyl (C=O) groups is 1. The average molecular weight is 470 g/mol. The number of aliphatic imine (C=N–C) groups is 1. The van der Waals surface area contributed by atoms with Crippen LogP contribution in [0.3, 0.4) is 0 Å². The second-order valence-electron chi connectivity index (χ2n) is 5.83. The van der Waals surface area contributed by atoms with Gasteiger partial charge < -0.3 is 25.0 Å². The summed E-state index contributed by atoms with van der Waals surface area (Å²) in [5.41, 5.74) is 0. The zero-order chi connectivity index (χ0) is 17.6. The van der Waals surface area contributed by atoms with Crippen molar-refractivity contribution in [2.75, 3.05) is 46.0 Å². The number of unbranched alkanes of at least 4 members (excludes halogenated alkanes) is 1. The van der Waals surface area contributed by atoms with Gasteiger partial charge in [-0.2, -0.15) is 0 Å². The van der Waals surface area contributed by atoms with Gasteiger partial charge in [0.1, 0.15) is 0 Å². The second-order valence-corrected chi connectivity index (χ2v) is 5.83. The van der Waals surface area contributed by atoms with Crippen molar-refractivity contribution in [3.63, 3.8) is 0 Å². The first kappa shape index (κ1) is 24.2. The minimum Gasteiger partial charge on any atom is -0.450 e. The molecule has 8 heteroatoms. The van der Waals surface area contributed by atoms with Crippen molar-refractivity contribution in [3.8, 4) is 0 Å². The first-order valence-electron chi connectivity index (χ1n) is 9.25. The highest BCUT2D eigenvalue weighted by Crippen LogP contribution is 2.11. The van der Waals surface area contributed by atoms with Crippen LogP contribution in [0.4, 0.5) is 4.79 Å². The van der Waals surface area contributed by atoms with Crippen LogP contribution in [0, 0.1) is 0 Å². The lowest BCUT2D eigenvalue weighted by Crippen LogP contribution is -2.50. The molecular weight excluding hydrogens is 435 g/mol. The number of rotatable bonds is 9. The Bertz CT molecular complexity index is 375. The summed E-state index contributed by atoms with van der Waals surface area (Å²) in [6, 6.07) is 0.328. The normalized spacial score (nSPS) is 15.5.